The Bertz CT molecular complexity index is 66.5. The molecule has 0 aromatic heterocycles. The van der Waals surface area contributed by atoms with E-state index in [1.807, 2.05) is 0 Å². The van der Waals surface area contributed by atoms with Crippen LogP contribution in [0.15, 0.2) is 0 Å². The quantitative estimate of drug-likeness (QED) is 0.254. The fourth-order valence-corrected chi connectivity index (χ4v) is 0. The monoisotopic (exact) mass is 122 g/mol. The van der Waals surface area contributed by atoms with Gasteiger partial charge in [0.1, 0.15) is 0 Å². The second-order valence-corrected chi connectivity index (χ2v) is 0.474. The minimum atomic E-state index is -2.33. The van der Waals surface area contributed by atoms with Crippen molar-refractivity contribution in [1.29, 1.82) is 0 Å². The fraction of sp³-hybridized carbons (Fsp3) is 0. The second kappa shape index (κ2) is 5.47. The molecule has 7 heteroatoms. The lowest BCUT2D eigenvalue weighted by molar-refractivity contribution is -0.415. The van der Waals surface area contributed by atoms with Gasteiger partial charge in [-0.2, -0.15) is 0 Å². The molecule has 0 aliphatic rings. The molecule has 0 fully saturated rings. The third kappa shape index (κ3) is 23.0. The largest absolute Gasteiger partial charge is 0.652 e. The number of carboxylic acid groups (broad SMARTS) is 2. The molecule has 0 unspecified atom stereocenters. The smallest absolute Gasteiger partial charge is 0.0689 e. The van der Waals surface area contributed by atoms with Crippen molar-refractivity contribution in [3.63, 3.8) is 0 Å². The van der Waals surface area contributed by atoms with Gasteiger partial charge in [-0.1, -0.05) is 0 Å². The highest BCUT2D eigenvalue weighted by molar-refractivity contribution is 5.47. The van der Waals surface area contributed by atoms with Crippen LogP contribution in [0.3, 0.4) is 0 Å². The third-order valence-electron chi connectivity index (χ3n) is 0. The maximum absolute atomic E-state index is 8.33. The average molecular weight is 122 g/mol. The van der Waals surface area contributed by atoms with Crippen molar-refractivity contribution in [2.45, 2.75) is 0 Å². The highest BCUT2D eigenvalue weighted by atomic mass is 16.9. The van der Waals surface area contributed by atoms with Crippen LogP contribution < -0.4 is 10.2 Å². The number of rotatable bonds is 0. The Kier molecular flexibility index (Phi) is 6.62. The Balaban J connectivity index is 0. The van der Waals surface area contributed by atoms with Crippen LogP contribution in [0, 0.1) is 15.3 Å². The van der Waals surface area contributed by atoms with Gasteiger partial charge in [0.2, 0.25) is 0 Å². The van der Waals surface area contributed by atoms with Crippen molar-refractivity contribution in [2.24, 2.45) is 0 Å². The molecule has 0 spiro atoms. The Morgan fingerprint density at radius 1 is 1.25 bits per heavy atom. The summed E-state index contributed by atoms with van der Waals surface area (Å²) in [5.74, 6) is 0. The van der Waals surface area contributed by atoms with Gasteiger partial charge in [0.05, 0.1) is 5.09 Å². The SMILES string of the molecule is O=C([O-])[O-].O=[N+]([O-])[O-]. The van der Waals surface area contributed by atoms with Gasteiger partial charge >= 0.3 is 0 Å². The van der Waals surface area contributed by atoms with Gasteiger partial charge in [-0.05, 0) is 6.16 Å². The normalized spacial score (nSPS) is 6.00. The fourth-order valence-electron chi connectivity index (χ4n) is 0. The third-order valence-corrected chi connectivity index (χ3v) is 0. The van der Waals surface area contributed by atoms with E-state index in [-0.39, 0.29) is 0 Å². The molecule has 0 saturated carbocycles. The van der Waals surface area contributed by atoms with Crippen LogP contribution >= 0.6 is 0 Å². The van der Waals surface area contributed by atoms with Gasteiger partial charge in [-0.15, -0.1) is 0 Å². The van der Waals surface area contributed by atoms with Crippen LogP contribution in [0.1, 0.15) is 0 Å². The molecule has 0 saturated heterocycles. The van der Waals surface area contributed by atoms with E-state index in [1.165, 1.54) is 0 Å². The first-order valence-electron chi connectivity index (χ1n) is 1.16. The first kappa shape index (κ1) is 9.69. The molecule has 0 rings (SSSR count). The summed E-state index contributed by atoms with van der Waals surface area (Å²) in [7, 11) is 0. The minimum absolute atomic E-state index is 1.75. The van der Waals surface area contributed by atoms with Crippen LogP contribution in [-0.4, -0.2) is 11.2 Å². The predicted octanol–water partition coefficient (Wildman–Crippen LogP) is -2.69. The van der Waals surface area contributed by atoms with Crippen LogP contribution in [0.5, 0.6) is 0 Å². The summed E-state index contributed by atoms with van der Waals surface area (Å²) in [6.07, 6.45) is -2.33. The molecule has 0 atom stereocenters. The molecular formula is CNO6-3. The number of hydrogen-bond donors (Lipinski definition) is 0. The van der Waals surface area contributed by atoms with Gasteiger partial charge in [0.25, 0.3) is 0 Å². The Labute approximate surface area is 42.9 Å². The molecule has 0 amide bonds. The lowest BCUT2D eigenvalue weighted by Gasteiger charge is -1.96. The summed E-state index contributed by atoms with van der Waals surface area (Å²) in [5, 5.41) is 31.4. The Morgan fingerprint density at radius 3 is 1.25 bits per heavy atom. The standard InChI is InChI=1S/CH2O3.NO3/c2*2-1(3)4/h(H2,2,3,4);/q;-1/p-2. The van der Waals surface area contributed by atoms with Crippen molar-refractivity contribution < 1.29 is 20.1 Å². The predicted molar refractivity (Wildman–Crippen MR) is 15.8 cm³/mol. The number of nitrogens with zero attached hydrogens (tertiary/aromatic N) is 1. The van der Waals surface area contributed by atoms with Crippen molar-refractivity contribution >= 4 is 6.16 Å². The Hall–Kier alpha value is -1.53. The maximum atomic E-state index is 8.33. The zero-order valence-electron chi connectivity index (χ0n) is 3.40. The highest BCUT2D eigenvalue weighted by Gasteiger charge is 1.45. The topological polar surface area (TPSA) is 129 Å². The molecule has 0 bridgehead atoms. The lowest BCUT2D eigenvalue weighted by atomic mass is 11.5. The zero-order valence-corrected chi connectivity index (χ0v) is 3.40. The molecule has 0 aromatic rings. The van der Waals surface area contributed by atoms with E-state index in [9.17, 15) is 0 Å². The van der Waals surface area contributed by atoms with Crippen LogP contribution in [0.25, 0.3) is 0 Å². The summed E-state index contributed by atoms with van der Waals surface area (Å²) in [6.45, 7) is 0. The van der Waals surface area contributed by atoms with E-state index in [2.05, 4.69) is 0 Å². The lowest BCUT2D eigenvalue weighted by Crippen LogP contribution is -2.37. The zero-order chi connectivity index (χ0) is 7.15. The van der Waals surface area contributed by atoms with E-state index < -0.39 is 11.2 Å². The number of hydrogen-bond acceptors (Lipinski definition) is 6. The molecular weight excluding hydrogens is 122 g/mol. The molecule has 0 aromatic carbocycles. The molecule has 0 heterocycles. The highest BCUT2D eigenvalue weighted by Crippen LogP contribution is 1.44. The Morgan fingerprint density at radius 2 is 1.25 bits per heavy atom. The van der Waals surface area contributed by atoms with Gasteiger partial charge in [-0.3, -0.25) is 0 Å². The van der Waals surface area contributed by atoms with E-state index >= 15 is 0 Å². The second-order valence-electron chi connectivity index (χ2n) is 0.474. The maximum Gasteiger partial charge on any atom is 0.0689 e. The molecule has 8 heavy (non-hydrogen) atoms. The summed E-state index contributed by atoms with van der Waals surface area (Å²) >= 11 is 0. The van der Waals surface area contributed by atoms with E-state index in [0.29, 0.717) is 0 Å². The van der Waals surface area contributed by atoms with Gasteiger partial charge in [0.15, 0.2) is 0 Å². The van der Waals surface area contributed by atoms with Crippen LogP contribution in [0.4, 0.5) is 4.79 Å². The van der Waals surface area contributed by atoms with E-state index in [1.54, 1.807) is 0 Å². The number of carbonyl (C=O) groups excluding carboxylic acids is 1. The summed E-state index contributed by atoms with van der Waals surface area (Å²) in [4.78, 5) is 16.6. The molecule has 0 aliphatic carbocycles. The average Bonchev–Trinajstić information content (AvgIpc) is 1.25. The molecule has 0 aliphatic heterocycles. The summed E-state index contributed by atoms with van der Waals surface area (Å²) in [6, 6.07) is 0. The first-order valence-corrected chi connectivity index (χ1v) is 1.16. The molecule has 0 radical (unpaired) electrons. The van der Waals surface area contributed by atoms with Crippen molar-refractivity contribution in [3.8, 4) is 0 Å². The van der Waals surface area contributed by atoms with E-state index in [4.69, 9.17) is 30.3 Å². The van der Waals surface area contributed by atoms with Gasteiger partial charge < -0.3 is 30.3 Å². The molecule has 48 valence electrons. The van der Waals surface area contributed by atoms with Crippen molar-refractivity contribution in [3.05, 3.63) is 15.3 Å². The van der Waals surface area contributed by atoms with E-state index in [0.717, 1.165) is 0 Å². The van der Waals surface area contributed by atoms with Gasteiger partial charge in [0, 0.05) is 0 Å². The first-order chi connectivity index (χ1) is 3.46. The summed E-state index contributed by atoms with van der Waals surface area (Å²) in [5.41, 5.74) is 0. The number of carbonyl (C=O) groups is 1. The van der Waals surface area contributed by atoms with Crippen molar-refractivity contribution in [1.82, 2.24) is 0 Å². The van der Waals surface area contributed by atoms with Crippen LogP contribution in [-0.2, 0) is 0 Å². The molecule has 7 nitrogen and oxygen atoms in total. The minimum Gasteiger partial charge on any atom is -0.652 e. The summed E-state index contributed by atoms with van der Waals surface area (Å²) < 4.78 is 0. The molecule has 0 N–H and O–H groups in total. The van der Waals surface area contributed by atoms with Crippen LogP contribution in [0.2, 0.25) is 0 Å². The van der Waals surface area contributed by atoms with Gasteiger partial charge in [-0.25, -0.2) is 0 Å². The van der Waals surface area contributed by atoms with Crippen molar-refractivity contribution in [2.75, 3.05) is 0 Å².